The Hall–Kier alpha value is -1.69. The number of rotatable bonds is 8. The molecule has 1 N–H and O–H groups in total. The topological polar surface area (TPSA) is 127 Å². The van der Waals surface area contributed by atoms with E-state index in [2.05, 4.69) is 5.32 Å². The fraction of sp³-hybridized carbons (Fsp3) is 0.556. The van der Waals surface area contributed by atoms with Gasteiger partial charge in [0, 0.05) is 13.1 Å². The van der Waals surface area contributed by atoms with Crippen LogP contribution >= 0.6 is 11.6 Å². The van der Waals surface area contributed by atoms with E-state index in [0.717, 1.165) is 0 Å². The van der Waals surface area contributed by atoms with Gasteiger partial charge < -0.3 is 10.1 Å². The Labute approximate surface area is 181 Å². The van der Waals surface area contributed by atoms with Crippen molar-refractivity contribution >= 4 is 49.0 Å². The number of amides is 1. The van der Waals surface area contributed by atoms with Crippen molar-refractivity contribution in [3.8, 4) is 0 Å². The summed E-state index contributed by atoms with van der Waals surface area (Å²) in [6.07, 6.45) is -1.06. The molecule has 1 amide bonds. The van der Waals surface area contributed by atoms with Crippen LogP contribution in [-0.4, -0.2) is 63.7 Å². The minimum absolute atomic E-state index is 0.0355. The zero-order valence-electron chi connectivity index (χ0n) is 16.9. The fourth-order valence-corrected chi connectivity index (χ4v) is 6.39. The van der Waals surface area contributed by atoms with Crippen LogP contribution in [0.1, 0.15) is 27.2 Å². The average molecular weight is 481 g/mol. The molecule has 1 aliphatic heterocycles. The molecule has 1 aliphatic rings. The first kappa shape index (κ1) is 24.6. The Morgan fingerprint density at radius 2 is 1.93 bits per heavy atom. The van der Waals surface area contributed by atoms with Crippen LogP contribution in [0.4, 0.5) is 5.69 Å². The Kier molecular flexibility index (Phi) is 7.89. The lowest BCUT2D eigenvalue weighted by atomic mass is 10.1. The van der Waals surface area contributed by atoms with Gasteiger partial charge in [0.05, 0.1) is 33.0 Å². The molecule has 0 bridgehead atoms. The van der Waals surface area contributed by atoms with Crippen molar-refractivity contribution in [3.63, 3.8) is 0 Å². The van der Waals surface area contributed by atoms with Gasteiger partial charge >= 0.3 is 5.97 Å². The molecule has 30 heavy (non-hydrogen) atoms. The number of hydrogen-bond acceptors (Lipinski definition) is 7. The van der Waals surface area contributed by atoms with Gasteiger partial charge in [0.15, 0.2) is 15.9 Å². The van der Waals surface area contributed by atoms with Gasteiger partial charge in [0.1, 0.15) is 0 Å². The summed E-state index contributed by atoms with van der Waals surface area (Å²) in [5, 5.41) is 2.57. The second-order valence-electron chi connectivity index (χ2n) is 6.90. The molecule has 2 unspecified atom stereocenters. The van der Waals surface area contributed by atoms with E-state index in [9.17, 15) is 26.4 Å². The van der Waals surface area contributed by atoms with Crippen LogP contribution in [0.15, 0.2) is 23.1 Å². The van der Waals surface area contributed by atoms with Gasteiger partial charge in [-0.1, -0.05) is 25.4 Å². The van der Waals surface area contributed by atoms with Crippen LogP contribution < -0.4 is 5.32 Å². The SMILES string of the molecule is CCN(CC)S(=O)(=O)c1ccc(Cl)c(NC(=O)C(C)OC(=O)C2CCS(=O)(=O)C2)c1. The fourth-order valence-electron chi connectivity index (χ4n) is 3.01. The molecule has 2 atom stereocenters. The highest BCUT2D eigenvalue weighted by Gasteiger charge is 2.35. The first-order valence-corrected chi connectivity index (χ1v) is 13.1. The van der Waals surface area contributed by atoms with Crippen molar-refractivity contribution in [1.29, 1.82) is 0 Å². The van der Waals surface area contributed by atoms with E-state index in [1.165, 1.54) is 29.4 Å². The molecule has 0 radical (unpaired) electrons. The summed E-state index contributed by atoms with van der Waals surface area (Å²) in [6.45, 7) is 5.33. The molecular weight excluding hydrogens is 456 g/mol. The van der Waals surface area contributed by atoms with Crippen LogP contribution in [0.2, 0.25) is 5.02 Å². The third-order valence-electron chi connectivity index (χ3n) is 4.77. The lowest BCUT2D eigenvalue weighted by Gasteiger charge is -2.20. The predicted octanol–water partition coefficient (Wildman–Crippen LogP) is 1.68. The Bertz CT molecular complexity index is 1020. The molecule has 0 saturated carbocycles. The molecule has 0 aliphatic carbocycles. The number of ether oxygens (including phenoxy) is 1. The number of hydrogen-bond donors (Lipinski definition) is 1. The summed E-state index contributed by atoms with van der Waals surface area (Å²) in [5.41, 5.74) is 0.0567. The summed E-state index contributed by atoms with van der Waals surface area (Å²) in [4.78, 5) is 24.5. The maximum Gasteiger partial charge on any atom is 0.310 e. The van der Waals surface area contributed by atoms with Crippen molar-refractivity contribution < 1.29 is 31.2 Å². The third kappa shape index (κ3) is 5.71. The average Bonchev–Trinajstić information content (AvgIpc) is 3.04. The second kappa shape index (κ2) is 9.63. The lowest BCUT2D eigenvalue weighted by molar-refractivity contribution is -0.156. The number of carbonyl (C=O) groups excluding carboxylic acids is 2. The number of benzene rings is 1. The van der Waals surface area contributed by atoms with Crippen LogP contribution in [0.5, 0.6) is 0 Å². The number of halogens is 1. The molecule has 1 heterocycles. The highest BCUT2D eigenvalue weighted by molar-refractivity contribution is 7.91. The van der Waals surface area contributed by atoms with Crippen LogP contribution in [0.3, 0.4) is 0 Å². The van der Waals surface area contributed by atoms with Crippen molar-refractivity contribution in [2.24, 2.45) is 5.92 Å². The summed E-state index contributed by atoms with van der Waals surface area (Å²) < 4.78 is 54.7. The maximum atomic E-state index is 12.7. The molecule has 0 aromatic heterocycles. The molecule has 9 nitrogen and oxygen atoms in total. The summed E-state index contributed by atoms with van der Waals surface area (Å²) in [5.74, 6) is -2.66. The number of nitrogens with zero attached hydrogens (tertiary/aromatic N) is 1. The van der Waals surface area contributed by atoms with Gasteiger partial charge in [-0.2, -0.15) is 4.31 Å². The van der Waals surface area contributed by atoms with Crippen molar-refractivity contribution in [1.82, 2.24) is 4.31 Å². The number of sulfone groups is 1. The largest absolute Gasteiger partial charge is 0.452 e. The van der Waals surface area contributed by atoms with Gasteiger partial charge in [-0.25, -0.2) is 16.8 Å². The normalized spacial score (nSPS) is 19.4. The highest BCUT2D eigenvalue weighted by Crippen LogP contribution is 2.27. The zero-order chi connectivity index (χ0) is 22.7. The quantitative estimate of drug-likeness (QED) is 0.560. The van der Waals surface area contributed by atoms with Crippen LogP contribution in [-0.2, 0) is 34.2 Å². The van der Waals surface area contributed by atoms with Crippen molar-refractivity contribution in [3.05, 3.63) is 23.2 Å². The van der Waals surface area contributed by atoms with E-state index in [1.807, 2.05) is 0 Å². The minimum atomic E-state index is -3.76. The highest BCUT2D eigenvalue weighted by atomic mass is 35.5. The smallest absolute Gasteiger partial charge is 0.310 e. The van der Waals surface area contributed by atoms with E-state index in [0.29, 0.717) is 0 Å². The van der Waals surface area contributed by atoms with Gasteiger partial charge in [-0.15, -0.1) is 0 Å². The summed E-state index contributed by atoms with van der Waals surface area (Å²) in [7, 11) is -7.02. The lowest BCUT2D eigenvalue weighted by Crippen LogP contribution is -2.33. The van der Waals surface area contributed by atoms with Crippen LogP contribution in [0.25, 0.3) is 0 Å². The molecule has 1 fully saturated rings. The van der Waals surface area contributed by atoms with E-state index in [-0.39, 0.29) is 46.6 Å². The first-order valence-electron chi connectivity index (χ1n) is 9.42. The zero-order valence-corrected chi connectivity index (χ0v) is 19.3. The Morgan fingerprint density at radius 3 is 2.47 bits per heavy atom. The van der Waals surface area contributed by atoms with Crippen molar-refractivity contribution in [2.75, 3.05) is 29.9 Å². The molecular formula is C18H25ClN2O7S2. The molecule has 0 spiro atoms. The monoisotopic (exact) mass is 480 g/mol. The van der Waals surface area contributed by atoms with Crippen molar-refractivity contribution in [2.45, 2.75) is 38.2 Å². The maximum absolute atomic E-state index is 12.7. The third-order valence-corrected chi connectivity index (χ3v) is 8.91. The van der Waals surface area contributed by atoms with E-state index in [4.69, 9.17) is 16.3 Å². The van der Waals surface area contributed by atoms with Gasteiger partial charge in [-0.05, 0) is 31.5 Å². The van der Waals surface area contributed by atoms with E-state index in [1.54, 1.807) is 13.8 Å². The molecule has 1 saturated heterocycles. The Morgan fingerprint density at radius 1 is 1.30 bits per heavy atom. The predicted molar refractivity (Wildman–Crippen MR) is 113 cm³/mol. The van der Waals surface area contributed by atoms with Gasteiger partial charge in [-0.3, -0.25) is 9.59 Å². The molecule has 2 rings (SSSR count). The Balaban J connectivity index is 2.11. The molecule has 12 heteroatoms. The number of nitrogens with one attached hydrogen (secondary N) is 1. The standard InChI is InChI=1S/C18H25ClN2O7S2/c1-4-21(5-2)30(26,27)14-6-7-15(19)16(10-14)20-17(22)12(3)28-18(23)13-8-9-29(24,25)11-13/h6-7,10,12-13H,4-5,8-9,11H2,1-3H3,(H,20,22). The number of esters is 1. The summed E-state index contributed by atoms with van der Waals surface area (Å²) in [6, 6.07) is 3.94. The number of sulfonamides is 1. The molecule has 1 aromatic rings. The molecule has 168 valence electrons. The van der Waals surface area contributed by atoms with E-state index < -0.39 is 43.8 Å². The van der Waals surface area contributed by atoms with Crippen LogP contribution in [0, 0.1) is 5.92 Å². The summed E-state index contributed by atoms with van der Waals surface area (Å²) >= 11 is 6.09. The molecule has 1 aromatic carbocycles. The van der Waals surface area contributed by atoms with Gasteiger partial charge in [0.2, 0.25) is 10.0 Å². The second-order valence-corrected chi connectivity index (χ2v) is 11.5. The minimum Gasteiger partial charge on any atom is -0.452 e. The number of anilines is 1. The number of carbonyl (C=O) groups is 2. The van der Waals surface area contributed by atoms with Gasteiger partial charge in [0.25, 0.3) is 5.91 Å². The van der Waals surface area contributed by atoms with E-state index >= 15 is 0 Å². The first-order chi connectivity index (χ1) is 13.9.